The Kier molecular flexibility index (Phi) is 3.78. The number of para-hydroxylation sites is 1. The van der Waals surface area contributed by atoms with Crippen molar-refractivity contribution in [1.29, 1.82) is 0 Å². The molecular weight excluding hydrogens is 282 g/mol. The normalized spacial score (nSPS) is 12.8. The first kappa shape index (κ1) is 14.1. The van der Waals surface area contributed by atoms with Crippen molar-refractivity contribution >= 4 is 11.8 Å². The molecule has 112 valence electrons. The van der Waals surface area contributed by atoms with Gasteiger partial charge in [-0.15, -0.1) is 0 Å². The van der Waals surface area contributed by atoms with Crippen LogP contribution in [0, 0.1) is 0 Å². The number of hydrogen-bond donors (Lipinski definition) is 1. The lowest BCUT2D eigenvalue weighted by molar-refractivity contribution is 0.0878. The highest BCUT2D eigenvalue weighted by molar-refractivity contribution is 6.23. The van der Waals surface area contributed by atoms with Crippen molar-refractivity contribution < 1.29 is 19.1 Å². The summed E-state index contributed by atoms with van der Waals surface area (Å²) in [6.07, 6.45) is 0.782. The first-order valence-electron chi connectivity index (χ1n) is 7.09. The van der Waals surface area contributed by atoms with Gasteiger partial charge in [-0.2, -0.15) is 0 Å². The summed E-state index contributed by atoms with van der Waals surface area (Å²) >= 11 is 0. The molecule has 0 saturated heterocycles. The number of carbonyl (C=O) groups excluding carboxylic acids is 2. The van der Waals surface area contributed by atoms with Gasteiger partial charge in [-0.1, -0.05) is 25.1 Å². The van der Waals surface area contributed by atoms with E-state index in [2.05, 4.69) is 5.32 Å². The zero-order valence-electron chi connectivity index (χ0n) is 12.1. The predicted octanol–water partition coefficient (Wildman–Crippen LogP) is 3.15. The number of benzene rings is 2. The van der Waals surface area contributed by atoms with Crippen LogP contribution in [0.25, 0.3) is 0 Å². The highest BCUT2D eigenvalue weighted by Gasteiger charge is 2.32. The Bertz CT molecular complexity index is 725. The summed E-state index contributed by atoms with van der Waals surface area (Å²) in [5, 5.41) is 2.28. The molecule has 22 heavy (non-hydrogen) atoms. The third-order valence-corrected chi connectivity index (χ3v) is 3.24. The van der Waals surface area contributed by atoms with Gasteiger partial charge in [0.05, 0.1) is 17.7 Å². The number of ether oxygens (including phenoxy) is 2. The molecular formula is C17H15NO4. The van der Waals surface area contributed by atoms with Gasteiger partial charge >= 0.3 is 0 Å². The van der Waals surface area contributed by atoms with E-state index in [-0.39, 0.29) is 5.56 Å². The number of hydrogen-bond acceptors (Lipinski definition) is 4. The molecule has 0 saturated carbocycles. The van der Waals surface area contributed by atoms with Gasteiger partial charge in [0, 0.05) is 0 Å². The van der Waals surface area contributed by atoms with Gasteiger partial charge in [-0.25, -0.2) is 0 Å². The van der Waals surface area contributed by atoms with Crippen LogP contribution in [0.15, 0.2) is 42.5 Å². The first-order chi connectivity index (χ1) is 10.7. The van der Waals surface area contributed by atoms with Crippen molar-refractivity contribution in [3.8, 4) is 17.2 Å². The monoisotopic (exact) mass is 297 g/mol. The van der Waals surface area contributed by atoms with Crippen LogP contribution >= 0.6 is 0 Å². The van der Waals surface area contributed by atoms with Gasteiger partial charge in [0.25, 0.3) is 11.8 Å². The molecule has 1 N–H and O–H groups in total. The highest BCUT2D eigenvalue weighted by atomic mass is 16.5. The van der Waals surface area contributed by atoms with Crippen LogP contribution in [-0.4, -0.2) is 18.4 Å². The SMILES string of the molecule is CCCOc1c(Oc2ccccc2)ccc2c1C(=O)NC2=O. The van der Waals surface area contributed by atoms with E-state index in [1.165, 1.54) is 0 Å². The lowest BCUT2D eigenvalue weighted by atomic mass is 10.1. The molecule has 0 atom stereocenters. The van der Waals surface area contributed by atoms with Gasteiger partial charge in [0.15, 0.2) is 11.5 Å². The van der Waals surface area contributed by atoms with Crippen molar-refractivity contribution in [3.63, 3.8) is 0 Å². The highest BCUT2D eigenvalue weighted by Crippen LogP contribution is 2.38. The Morgan fingerprint density at radius 2 is 1.77 bits per heavy atom. The van der Waals surface area contributed by atoms with E-state index in [1.54, 1.807) is 12.1 Å². The second kappa shape index (κ2) is 5.89. The van der Waals surface area contributed by atoms with Crippen LogP contribution in [0.1, 0.15) is 34.1 Å². The Balaban J connectivity index is 2.04. The largest absolute Gasteiger partial charge is 0.489 e. The molecule has 1 heterocycles. The van der Waals surface area contributed by atoms with Gasteiger partial charge < -0.3 is 9.47 Å². The van der Waals surface area contributed by atoms with E-state index < -0.39 is 11.8 Å². The minimum atomic E-state index is -0.454. The third-order valence-electron chi connectivity index (χ3n) is 3.24. The van der Waals surface area contributed by atoms with Crippen molar-refractivity contribution in [3.05, 3.63) is 53.6 Å². The van der Waals surface area contributed by atoms with Crippen molar-refractivity contribution in [2.45, 2.75) is 13.3 Å². The van der Waals surface area contributed by atoms with Gasteiger partial charge in [0.1, 0.15) is 5.75 Å². The maximum atomic E-state index is 12.0. The van der Waals surface area contributed by atoms with E-state index in [9.17, 15) is 9.59 Å². The average Bonchev–Trinajstić information content (AvgIpc) is 2.82. The molecule has 1 aliphatic rings. The van der Waals surface area contributed by atoms with Crippen LogP contribution in [0.5, 0.6) is 17.2 Å². The zero-order chi connectivity index (χ0) is 15.5. The number of rotatable bonds is 5. The fourth-order valence-electron chi connectivity index (χ4n) is 2.25. The van der Waals surface area contributed by atoms with Gasteiger partial charge in [-0.3, -0.25) is 14.9 Å². The van der Waals surface area contributed by atoms with Crippen LogP contribution < -0.4 is 14.8 Å². The third kappa shape index (κ3) is 2.53. The minimum absolute atomic E-state index is 0.242. The van der Waals surface area contributed by atoms with E-state index in [0.717, 1.165) is 6.42 Å². The van der Waals surface area contributed by atoms with Crippen molar-refractivity contribution in [1.82, 2.24) is 5.32 Å². The van der Waals surface area contributed by atoms with E-state index >= 15 is 0 Å². The summed E-state index contributed by atoms with van der Waals surface area (Å²) in [5.74, 6) is 0.501. The number of amides is 2. The quantitative estimate of drug-likeness (QED) is 0.861. The van der Waals surface area contributed by atoms with Gasteiger partial charge in [0.2, 0.25) is 0 Å². The molecule has 0 bridgehead atoms. The second-order valence-electron chi connectivity index (χ2n) is 4.86. The maximum Gasteiger partial charge on any atom is 0.262 e. The Morgan fingerprint density at radius 3 is 2.50 bits per heavy atom. The average molecular weight is 297 g/mol. The minimum Gasteiger partial charge on any atom is -0.489 e. The maximum absolute atomic E-state index is 12.0. The Labute approximate surface area is 127 Å². The van der Waals surface area contributed by atoms with Crippen molar-refractivity contribution in [2.24, 2.45) is 0 Å². The molecule has 5 nitrogen and oxygen atoms in total. The Morgan fingerprint density at radius 1 is 1.00 bits per heavy atom. The smallest absolute Gasteiger partial charge is 0.262 e. The lowest BCUT2D eigenvalue weighted by Gasteiger charge is -2.14. The molecule has 0 unspecified atom stereocenters. The molecule has 2 aromatic rings. The summed E-state index contributed by atoms with van der Waals surface area (Å²) in [5.41, 5.74) is 0.559. The van der Waals surface area contributed by atoms with Crippen LogP contribution in [-0.2, 0) is 0 Å². The molecule has 5 heteroatoms. The number of carbonyl (C=O) groups is 2. The van der Waals surface area contributed by atoms with E-state index in [4.69, 9.17) is 9.47 Å². The van der Waals surface area contributed by atoms with E-state index in [1.807, 2.05) is 37.3 Å². The number of fused-ring (bicyclic) bond motifs is 1. The molecule has 0 aromatic heterocycles. The first-order valence-corrected chi connectivity index (χ1v) is 7.09. The lowest BCUT2D eigenvalue weighted by Crippen LogP contribution is -2.20. The molecule has 0 spiro atoms. The van der Waals surface area contributed by atoms with Crippen molar-refractivity contribution in [2.75, 3.05) is 6.61 Å². The van der Waals surface area contributed by atoms with Crippen LogP contribution in [0.4, 0.5) is 0 Å². The molecule has 0 aliphatic carbocycles. The number of nitrogens with one attached hydrogen (secondary N) is 1. The molecule has 2 aromatic carbocycles. The van der Waals surface area contributed by atoms with E-state index in [0.29, 0.717) is 29.4 Å². The second-order valence-corrected chi connectivity index (χ2v) is 4.86. The zero-order valence-corrected chi connectivity index (χ0v) is 12.1. The summed E-state index contributed by atoms with van der Waals surface area (Å²) in [6.45, 7) is 2.40. The molecule has 1 aliphatic heterocycles. The molecule has 3 rings (SSSR count). The topological polar surface area (TPSA) is 64.6 Å². The summed E-state index contributed by atoms with van der Waals surface area (Å²) in [7, 11) is 0. The summed E-state index contributed by atoms with van der Waals surface area (Å²) in [6, 6.07) is 12.4. The fraction of sp³-hybridized carbons (Fsp3) is 0.176. The standard InChI is InChI=1S/C17H15NO4/c1-2-10-21-15-13(22-11-6-4-3-5-7-11)9-8-12-14(15)17(20)18-16(12)19/h3-9H,2,10H2,1H3,(H,18,19,20). The van der Waals surface area contributed by atoms with Crippen LogP contribution in [0.2, 0.25) is 0 Å². The summed E-state index contributed by atoms with van der Waals surface area (Å²) < 4.78 is 11.5. The predicted molar refractivity (Wildman–Crippen MR) is 80.5 cm³/mol. The van der Waals surface area contributed by atoms with Gasteiger partial charge in [-0.05, 0) is 30.7 Å². The fourth-order valence-corrected chi connectivity index (χ4v) is 2.25. The number of imide groups is 1. The molecule has 0 fully saturated rings. The molecule has 2 amide bonds. The Hall–Kier alpha value is -2.82. The summed E-state index contributed by atoms with van der Waals surface area (Å²) in [4.78, 5) is 23.7. The van der Waals surface area contributed by atoms with Crippen LogP contribution in [0.3, 0.4) is 0 Å². The molecule has 0 radical (unpaired) electrons.